The van der Waals surface area contributed by atoms with Gasteiger partial charge >= 0.3 is 0 Å². The summed E-state index contributed by atoms with van der Waals surface area (Å²) in [5.41, 5.74) is 9.53. The van der Waals surface area contributed by atoms with Crippen molar-refractivity contribution >= 4 is 11.3 Å². The number of furan rings is 1. The Balaban J connectivity index is 1.60. The van der Waals surface area contributed by atoms with Crippen molar-refractivity contribution in [2.24, 2.45) is 0 Å². The Labute approximate surface area is 170 Å². The van der Waals surface area contributed by atoms with Crippen LogP contribution in [-0.2, 0) is 0 Å². The molecule has 0 amide bonds. The predicted molar refractivity (Wildman–Crippen MR) is 108 cm³/mol. The molecule has 2 aromatic carbocycles. The highest BCUT2D eigenvalue weighted by atomic mass is 16.5. The number of nitrogens with zero attached hydrogens (tertiary/aromatic N) is 4. The number of rotatable bonds is 2. The maximum absolute atomic E-state index is 9.91. The van der Waals surface area contributed by atoms with Gasteiger partial charge in [-0.2, -0.15) is 0 Å². The molecule has 0 bridgehead atoms. The summed E-state index contributed by atoms with van der Waals surface area (Å²) in [7, 11) is 0. The van der Waals surface area contributed by atoms with E-state index in [9.17, 15) is 5.11 Å². The monoisotopic (exact) mass is 397 g/mol. The second-order valence-corrected chi connectivity index (χ2v) is 7.06. The van der Waals surface area contributed by atoms with E-state index in [2.05, 4.69) is 10.1 Å². The summed E-state index contributed by atoms with van der Waals surface area (Å²) >= 11 is 0. The van der Waals surface area contributed by atoms with E-state index in [-0.39, 0.29) is 11.7 Å². The number of aromatic nitrogens is 4. The van der Waals surface area contributed by atoms with Crippen molar-refractivity contribution in [2.75, 3.05) is 5.73 Å². The lowest BCUT2D eigenvalue weighted by Crippen LogP contribution is -2.14. The zero-order valence-electron chi connectivity index (χ0n) is 15.6. The molecule has 8 nitrogen and oxygen atoms in total. The minimum atomic E-state index is -0.306. The normalized spacial score (nSPS) is 14.9. The van der Waals surface area contributed by atoms with Crippen LogP contribution in [0.4, 0.5) is 5.69 Å². The zero-order valence-corrected chi connectivity index (χ0v) is 15.6. The van der Waals surface area contributed by atoms with Crippen LogP contribution in [-0.4, -0.2) is 24.7 Å². The fraction of sp³-hybridized carbons (Fsp3) is 0.0455. The van der Waals surface area contributed by atoms with Gasteiger partial charge in [-0.25, -0.2) is 14.5 Å². The number of ether oxygens (including phenoxy) is 1. The van der Waals surface area contributed by atoms with Crippen LogP contribution in [0.15, 0.2) is 71.6 Å². The van der Waals surface area contributed by atoms with Gasteiger partial charge in [0.2, 0.25) is 5.88 Å². The maximum Gasteiger partial charge on any atom is 0.228 e. The Morgan fingerprint density at radius 3 is 2.73 bits per heavy atom. The van der Waals surface area contributed by atoms with Crippen LogP contribution in [0.25, 0.3) is 17.0 Å². The molecule has 30 heavy (non-hydrogen) atoms. The standard InChI is InChI=1S/C22H15N5O3/c23-13-5-3-12(4-6-13)20-25-21-19-18(16-2-1-9-29-16)15-8-7-14(28)10-17(15)30-22(19)24-11-27(21)26-20/h1-11,18,28H,23H2. The highest BCUT2D eigenvalue weighted by Crippen LogP contribution is 2.48. The molecule has 1 atom stereocenters. The Kier molecular flexibility index (Phi) is 3.37. The molecule has 1 unspecified atom stereocenters. The largest absolute Gasteiger partial charge is 0.508 e. The van der Waals surface area contributed by atoms with Crippen LogP contribution in [0.5, 0.6) is 17.4 Å². The molecular formula is C22H15N5O3. The number of hydrogen-bond donors (Lipinski definition) is 2. The fourth-order valence-corrected chi connectivity index (χ4v) is 3.81. The number of nitrogens with two attached hydrogens (primary N) is 1. The molecule has 0 saturated carbocycles. The van der Waals surface area contributed by atoms with Crippen molar-refractivity contribution < 1.29 is 14.3 Å². The Hall–Kier alpha value is -4.33. The van der Waals surface area contributed by atoms with E-state index < -0.39 is 0 Å². The molecule has 0 radical (unpaired) electrons. The first-order valence-electron chi connectivity index (χ1n) is 9.33. The Morgan fingerprint density at radius 1 is 1.07 bits per heavy atom. The third-order valence-corrected chi connectivity index (χ3v) is 5.19. The predicted octanol–water partition coefficient (Wildman–Crippen LogP) is 3.96. The molecule has 3 aromatic heterocycles. The summed E-state index contributed by atoms with van der Waals surface area (Å²) in [5, 5.41) is 14.5. The number of anilines is 1. The first-order valence-corrected chi connectivity index (χ1v) is 9.33. The summed E-state index contributed by atoms with van der Waals surface area (Å²) in [5.74, 6) is 2.01. The van der Waals surface area contributed by atoms with Crippen LogP contribution >= 0.6 is 0 Å². The minimum Gasteiger partial charge on any atom is -0.508 e. The maximum atomic E-state index is 9.91. The molecule has 1 aliphatic heterocycles. The molecule has 8 heteroatoms. The highest BCUT2D eigenvalue weighted by molar-refractivity contribution is 5.68. The van der Waals surface area contributed by atoms with E-state index in [1.165, 1.54) is 0 Å². The lowest BCUT2D eigenvalue weighted by molar-refractivity contribution is 0.409. The van der Waals surface area contributed by atoms with Gasteiger partial charge in [0, 0.05) is 22.9 Å². The van der Waals surface area contributed by atoms with Crippen molar-refractivity contribution in [3.63, 3.8) is 0 Å². The lowest BCUT2D eigenvalue weighted by Gasteiger charge is -2.26. The number of nitrogen functional groups attached to an aromatic ring is 1. The summed E-state index contributed by atoms with van der Waals surface area (Å²) in [4.78, 5) is 9.23. The molecule has 3 N–H and O–H groups in total. The third-order valence-electron chi connectivity index (χ3n) is 5.19. The molecule has 6 rings (SSSR count). The second-order valence-electron chi connectivity index (χ2n) is 7.06. The van der Waals surface area contributed by atoms with Crippen LogP contribution in [0, 0.1) is 0 Å². The van der Waals surface area contributed by atoms with Crippen LogP contribution in [0.3, 0.4) is 0 Å². The van der Waals surface area contributed by atoms with Gasteiger partial charge in [0.15, 0.2) is 11.5 Å². The van der Waals surface area contributed by atoms with Crippen molar-refractivity contribution in [1.82, 2.24) is 19.6 Å². The third kappa shape index (κ3) is 2.44. The van der Waals surface area contributed by atoms with Crippen molar-refractivity contribution in [2.45, 2.75) is 5.92 Å². The van der Waals surface area contributed by atoms with E-state index in [1.54, 1.807) is 29.2 Å². The van der Waals surface area contributed by atoms with Gasteiger partial charge < -0.3 is 20.0 Å². The lowest BCUT2D eigenvalue weighted by atomic mass is 9.87. The molecule has 0 saturated heterocycles. The average molecular weight is 397 g/mol. The molecule has 1 aliphatic rings. The SMILES string of the molecule is Nc1ccc(-c2nc3c4c(ncn3n2)Oc2cc(O)ccc2C4c2ccco2)cc1. The summed E-state index contributed by atoms with van der Waals surface area (Å²) in [6, 6.07) is 16.1. The van der Waals surface area contributed by atoms with Crippen molar-refractivity contribution in [1.29, 1.82) is 0 Å². The number of fused-ring (bicyclic) bond motifs is 4. The molecule has 5 aromatic rings. The van der Waals surface area contributed by atoms with Crippen molar-refractivity contribution in [3.8, 4) is 28.8 Å². The van der Waals surface area contributed by atoms with Gasteiger partial charge in [0.25, 0.3) is 0 Å². The number of benzene rings is 2. The van der Waals surface area contributed by atoms with E-state index in [1.807, 2.05) is 42.5 Å². The average Bonchev–Trinajstić information content (AvgIpc) is 3.42. The number of phenolic OH excluding ortho intramolecular Hbond substituents is 1. The topological polar surface area (TPSA) is 112 Å². The van der Waals surface area contributed by atoms with Gasteiger partial charge in [-0.05, 0) is 42.5 Å². The highest BCUT2D eigenvalue weighted by Gasteiger charge is 2.35. The van der Waals surface area contributed by atoms with Crippen LogP contribution < -0.4 is 10.5 Å². The zero-order chi connectivity index (χ0) is 20.2. The molecule has 0 fully saturated rings. The van der Waals surface area contributed by atoms with Gasteiger partial charge in [-0.1, -0.05) is 6.07 Å². The van der Waals surface area contributed by atoms with Gasteiger partial charge in [0.1, 0.15) is 23.6 Å². The second kappa shape index (κ2) is 6.08. The Bertz CT molecular complexity index is 1390. The molecule has 0 aliphatic carbocycles. The summed E-state index contributed by atoms with van der Waals surface area (Å²) in [6.45, 7) is 0. The van der Waals surface area contributed by atoms with Crippen molar-refractivity contribution in [3.05, 3.63) is 84.1 Å². The minimum absolute atomic E-state index is 0.115. The quantitative estimate of drug-likeness (QED) is 0.425. The Morgan fingerprint density at radius 2 is 1.93 bits per heavy atom. The fourth-order valence-electron chi connectivity index (χ4n) is 3.81. The molecule has 146 valence electrons. The first kappa shape index (κ1) is 16.6. The van der Waals surface area contributed by atoms with E-state index >= 15 is 0 Å². The number of phenols is 1. The molecule has 4 heterocycles. The molecule has 0 spiro atoms. The van der Waals surface area contributed by atoms with E-state index in [4.69, 9.17) is 19.9 Å². The van der Waals surface area contributed by atoms with Gasteiger partial charge in [-0.3, -0.25) is 0 Å². The summed E-state index contributed by atoms with van der Waals surface area (Å²) < 4.78 is 13.4. The van der Waals surface area contributed by atoms with Gasteiger partial charge in [-0.15, -0.1) is 5.10 Å². The van der Waals surface area contributed by atoms with Gasteiger partial charge in [0.05, 0.1) is 17.7 Å². The number of hydrogen-bond acceptors (Lipinski definition) is 7. The van der Waals surface area contributed by atoms with E-state index in [0.29, 0.717) is 28.8 Å². The van der Waals surface area contributed by atoms with E-state index in [0.717, 1.165) is 22.5 Å². The van der Waals surface area contributed by atoms with Crippen LogP contribution in [0.1, 0.15) is 22.8 Å². The number of aromatic hydroxyl groups is 1. The smallest absolute Gasteiger partial charge is 0.228 e. The summed E-state index contributed by atoms with van der Waals surface area (Å²) in [6.07, 6.45) is 3.19. The first-order chi connectivity index (χ1) is 14.7. The molecular weight excluding hydrogens is 382 g/mol. The van der Waals surface area contributed by atoms with Crippen LogP contribution in [0.2, 0.25) is 0 Å².